The third-order valence-electron chi connectivity index (χ3n) is 3.19. The minimum atomic E-state index is -1.31. The van der Waals surface area contributed by atoms with Gasteiger partial charge >= 0.3 is 0 Å². The summed E-state index contributed by atoms with van der Waals surface area (Å²) in [6.45, 7) is 1.71. The Bertz CT molecular complexity index is 393. The third-order valence-corrected chi connectivity index (χ3v) is 3.19. The van der Waals surface area contributed by atoms with Gasteiger partial charge in [0.1, 0.15) is 24.1 Å². The molecule has 0 saturated carbocycles. The Morgan fingerprint density at radius 3 is 2.59 bits per heavy atom. The predicted octanol–water partition coefficient (Wildman–Crippen LogP) is -0.862. The molecule has 4 atom stereocenters. The van der Waals surface area contributed by atoms with E-state index in [1.165, 1.54) is 0 Å². The molecular weight excluding hydrogens is 224 g/mol. The van der Waals surface area contributed by atoms with Gasteiger partial charge in [-0.2, -0.15) is 0 Å². The van der Waals surface area contributed by atoms with E-state index < -0.39 is 24.4 Å². The first kappa shape index (κ1) is 12.5. The zero-order chi connectivity index (χ0) is 12.6. The second-order valence-corrected chi connectivity index (χ2v) is 4.42. The molecule has 1 aromatic heterocycles. The van der Waals surface area contributed by atoms with Crippen molar-refractivity contribution in [3.63, 3.8) is 0 Å². The Hall–Kier alpha value is -0.950. The van der Waals surface area contributed by atoms with Crippen molar-refractivity contribution in [3.8, 4) is 0 Å². The first-order valence-corrected chi connectivity index (χ1v) is 5.82. The summed E-state index contributed by atoms with van der Waals surface area (Å²) in [7, 11) is 0. The highest BCUT2D eigenvalue weighted by Crippen LogP contribution is 2.32. The molecule has 0 saturated heterocycles. The smallest absolute Gasteiger partial charge is 0.141 e. The van der Waals surface area contributed by atoms with Crippen LogP contribution in [0.25, 0.3) is 0 Å². The molecule has 6 nitrogen and oxygen atoms in total. The summed E-state index contributed by atoms with van der Waals surface area (Å²) in [5.41, 5.74) is 0.793. The summed E-state index contributed by atoms with van der Waals surface area (Å²) in [5, 5.41) is 38.5. The predicted molar refractivity (Wildman–Crippen MR) is 59.3 cm³/mol. The zero-order valence-corrected chi connectivity index (χ0v) is 9.69. The van der Waals surface area contributed by atoms with Crippen molar-refractivity contribution in [1.82, 2.24) is 9.55 Å². The van der Waals surface area contributed by atoms with Gasteiger partial charge in [-0.15, -0.1) is 0 Å². The second kappa shape index (κ2) is 4.73. The van der Waals surface area contributed by atoms with Gasteiger partial charge < -0.3 is 25.0 Å². The van der Waals surface area contributed by atoms with Gasteiger partial charge in [0.15, 0.2) is 0 Å². The van der Waals surface area contributed by atoms with Crippen LogP contribution >= 0.6 is 0 Å². The van der Waals surface area contributed by atoms with Crippen LogP contribution in [-0.2, 0) is 6.42 Å². The van der Waals surface area contributed by atoms with Gasteiger partial charge in [-0.1, -0.05) is 13.3 Å². The number of rotatable bonds is 3. The summed E-state index contributed by atoms with van der Waals surface area (Å²) >= 11 is 0. The summed E-state index contributed by atoms with van der Waals surface area (Å²) in [4.78, 5) is 4.24. The molecule has 17 heavy (non-hydrogen) atoms. The Kier molecular flexibility index (Phi) is 3.48. The SMILES string of the molecule is CCCc1cn2c(n1)[C@H](O)[C@@H](O)[C@H](O)[C@H]2CO. The van der Waals surface area contributed by atoms with Gasteiger partial charge in [-0.3, -0.25) is 0 Å². The molecular formula is C11H18N2O4. The van der Waals surface area contributed by atoms with E-state index in [9.17, 15) is 20.4 Å². The quantitative estimate of drug-likeness (QED) is 0.553. The lowest BCUT2D eigenvalue weighted by Gasteiger charge is -2.35. The van der Waals surface area contributed by atoms with Crippen LogP contribution in [0.3, 0.4) is 0 Å². The number of aromatic nitrogens is 2. The lowest BCUT2D eigenvalue weighted by atomic mass is 9.96. The highest BCUT2D eigenvalue weighted by Gasteiger charge is 2.41. The minimum Gasteiger partial charge on any atom is -0.394 e. The first-order chi connectivity index (χ1) is 8.10. The molecule has 96 valence electrons. The van der Waals surface area contributed by atoms with Crippen LogP contribution in [0.1, 0.15) is 37.0 Å². The fourth-order valence-corrected chi connectivity index (χ4v) is 2.25. The van der Waals surface area contributed by atoms with Crippen LogP contribution in [0.15, 0.2) is 6.20 Å². The van der Waals surface area contributed by atoms with Crippen molar-refractivity contribution in [1.29, 1.82) is 0 Å². The maximum absolute atomic E-state index is 9.82. The maximum atomic E-state index is 9.82. The van der Waals surface area contributed by atoms with E-state index in [1.807, 2.05) is 6.92 Å². The number of hydrogen-bond donors (Lipinski definition) is 4. The molecule has 4 N–H and O–H groups in total. The molecule has 0 aromatic carbocycles. The summed E-state index contributed by atoms with van der Waals surface area (Å²) in [6, 6.07) is -0.651. The Balaban J connectivity index is 2.41. The van der Waals surface area contributed by atoms with Gasteiger partial charge in [0.05, 0.1) is 18.3 Å². The molecule has 0 amide bonds. The number of aliphatic hydroxyl groups is 4. The van der Waals surface area contributed by atoms with Gasteiger partial charge in [0, 0.05) is 6.20 Å². The molecule has 0 spiro atoms. The van der Waals surface area contributed by atoms with Crippen LogP contribution in [-0.4, -0.2) is 48.8 Å². The average Bonchev–Trinajstić information content (AvgIpc) is 2.71. The Labute approximate surface area is 99.2 Å². The van der Waals surface area contributed by atoms with Crippen LogP contribution in [0.2, 0.25) is 0 Å². The molecule has 2 rings (SSSR count). The lowest BCUT2D eigenvalue weighted by Crippen LogP contribution is -2.46. The zero-order valence-electron chi connectivity index (χ0n) is 9.69. The van der Waals surface area contributed by atoms with Crippen molar-refractivity contribution >= 4 is 0 Å². The molecule has 1 aliphatic rings. The fourth-order valence-electron chi connectivity index (χ4n) is 2.25. The van der Waals surface area contributed by atoms with Crippen molar-refractivity contribution in [3.05, 3.63) is 17.7 Å². The molecule has 2 heterocycles. The number of hydrogen-bond acceptors (Lipinski definition) is 5. The van der Waals surface area contributed by atoms with E-state index in [0.29, 0.717) is 5.82 Å². The van der Waals surface area contributed by atoms with Crippen molar-refractivity contribution in [2.45, 2.75) is 44.1 Å². The van der Waals surface area contributed by atoms with Crippen molar-refractivity contribution in [2.75, 3.05) is 6.61 Å². The van der Waals surface area contributed by atoms with Crippen LogP contribution in [0.4, 0.5) is 0 Å². The molecule has 1 aliphatic heterocycles. The van der Waals surface area contributed by atoms with Crippen molar-refractivity contribution in [2.24, 2.45) is 0 Å². The molecule has 0 radical (unpaired) electrons. The minimum absolute atomic E-state index is 0.306. The number of aliphatic hydroxyl groups excluding tert-OH is 4. The topological polar surface area (TPSA) is 98.7 Å². The second-order valence-electron chi connectivity index (χ2n) is 4.42. The number of nitrogens with zero attached hydrogens (tertiary/aromatic N) is 2. The normalized spacial score (nSPS) is 32.5. The maximum Gasteiger partial charge on any atom is 0.141 e. The van der Waals surface area contributed by atoms with Crippen LogP contribution in [0.5, 0.6) is 0 Å². The van der Waals surface area contributed by atoms with Crippen LogP contribution in [0, 0.1) is 0 Å². The van der Waals surface area contributed by atoms with E-state index >= 15 is 0 Å². The number of fused-ring (bicyclic) bond motifs is 1. The third kappa shape index (κ3) is 1.97. The summed E-state index contributed by atoms with van der Waals surface area (Å²) in [6.07, 6.45) is -0.308. The summed E-state index contributed by atoms with van der Waals surface area (Å²) < 4.78 is 1.56. The molecule has 1 aromatic rings. The largest absolute Gasteiger partial charge is 0.394 e. The average molecular weight is 242 g/mol. The highest BCUT2D eigenvalue weighted by molar-refractivity contribution is 5.14. The summed E-state index contributed by atoms with van der Waals surface area (Å²) in [5.74, 6) is 0.310. The van der Waals surface area contributed by atoms with E-state index in [4.69, 9.17) is 0 Å². The molecule has 0 unspecified atom stereocenters. The number of imidazole rings is 1. The van der Waals surface area contributed by atoms with Crippen LogP contribution < -0.4 is 0 Å². The van der Waals surface area contributed by atoms with E-state index in [2.05, 4.69) is 4.98 Å². The van der Waals surface area contributed by atoms with E-state index in [0.717, 1.165) is 18.5 Å². The molecule has 6 heteroatoms. The van der Waals surface area contributed by atoms with Gasteiger partial charge in [0.25, 0.3) is 0 Å². The fraction of sp³-hybridized carbons (Fsp3) is 0.727. The van der Waals surface area contributed by atoms with Gasteiger partial charge in [0.2, 0.25) is 0 Å². The van der Waals surface area contributed by atoms with Crippen molar-refractivity contribution < 1.29 is 20.4 Å². The molecule has 0 bridgehead atoms. The van der Waals surface area contributed by atoms with Gasteiger partial charge in [-0.25, -0.2) is 4.98 Å². The van der Waals surface area contributed by atoms with Gasteiger partial charge in [-0.05, 0) is 6.42 Å². The Morgan fingerprint density at radius 2 is 2.00 bits per heavy atom. The highest BCUT2D eigenvalue weighted by atomic mass is 16.4. The van der Waals surface area contributed by atoms with E-state index in [1.54, 1.807) is 10.8 Å². The Morgan fingerprint density at radius 1 is 1.29 bits per heavy atom. The lowest BCUT2D eigenvalue weighted by molar-refractivity contribution is -0.108. The van der Waals surface area contributed by atoms with E-state index in [-0.39, 0.29) is 6.61 Å². The molecule has 0 aliphatic carbocycles. The molecule has 0 fully saturated rings. The first-order valence-electron chi connectivity index (χ1n) is 5.82. The monoisotopic (exact) mass is 242 g/mol. The standard InChI is InChI=1S/C11H18N2O4/c1-2-3-6-4-13-7(5-14)8(15)9(16)10(17)11(13)12-6/h4,7-10,14-17H,2-3,5H2,1H3/t7-,8-,9+,10-/m1/s1. The number of aryl methyl sites for hydroxylation is 1.